The zero-order valence-electron chi connectivity index (χ0n) is 17.5. The van der Waals surface area contributed by atoms with Gasteiger partial charge in [-0.05, 0) is 54.4 Å². The molecule has 2 rings (SSSR count). The Morgan fingerprint density at radius 3 is 2.59 bits per heavy atom. The van der Waals surface area contributed by atoms with Crippen LogP contribution in [0.15, 0.2) is 53.5 Å². The van der Waals surface area contributed by atoms with Gasteiger partial charge in [0.1, 0.15) is 0 Å². The van der Waals surface area contributed by atoms with Crippen LogP contribution >= 0.6 is 0 Å². The van der Waals surface area contributed by atoms with E-state index >= 15 is 0 Å². The first-order chi connectivity index (χ1) is 12.8. The molecule has 0 unspecified atom stereocenters. The zero-order chi connectivity index (χ0) is 20.0. The Morgan fingerprint density at radius 2 is 2.00 bits per heavy atom. The van der Waals surface area contributed by atoms with E-state index in [1.807, 2.05) is 12.2 Å². The van der Waals surface area contributed by atoms with Gasteiger partial charge in [-0.15, -0.1) is 10.2 Å². The van der Waals surface area contributed by atoms with E-state index in [0.29, 0.717) is 17.7 Å². The summed E-state index contributed by atoms with van der Waals surface area (Å²) in [6.45, 7) is 17.1. The second-order valence-electron chi connectivity index (χ2n) is 8.09. The highest BCUT2D eigenvalue weighted by atomic mass is 16.4. The third-order valence-electron chi connectivity index (χ3n) is 4.66. The molecule has 0 saturated heterocycles. The molecule has 1 aromatic heterocycles. The van der Waals surface area contributed by atoms with Crippen LogP contribution in [0.25, 0.3) is 17.0 Å². The lowest BCUT2D eigenvalue weighted by molar-refractivity contribution is 0.399. The van der Waals surface area contributed by atoms with Crippen LogP contribution < -0.4 is 0 Å². The summed E-state index contributed by atoms with van der Waals surface area (Å²) in [5.41, 5.74) is 4.55. The fourth-order valence-corrected chi connectivity index (χ4v) is 3.53. The second-order valence-corrected chi connectivity index (χ2v) is 8.09. The molecule has 0 radical (unpaired) electrons. The van der Waals surface area contributed by atoms with Crippen LogP contribution in [0, 0.1) is 12.8 Å². The van der Waals surface area contributed by atoms with Gasteiger partial charge in [0.2, 0.25) is 11.8 Å². The van der Waals surface area contributed by atoms with Crippen LogP contribution in [-0.2, 0) is 5.41 Å². The molecule has 0 aliphatic rings. The first-order valence-electron chi connectivity index (χ1n) is 9.73. The molecular weight excluding hydrogens is 332 g/mol. The van der Waals surface area contributed by atoms with Gasteiger partial charge >= 0.3 is 0 Å². The molecule has 0 bridgehead atoms. The molecule has 0 spiro atoms. The smallest absolute Gasteiger partial charge is 0.248 e. The zero-order valence-corrected chi connectivity index (χ0v) is 17.5. The van der Waals surface area contributed by atoms with Crippen molar-refractivity contribution < 1.29 is 4.42 Å². The summed E-state index contributed by atoms with van der Waals surface area (Å²) >= 11 is 0. The molecule has 0 aliphatic carbocycles. The second kappa shape index (κ2) is 8.98. The maximum atomic E-state index is 5.98. The third-order valence-corrected chi connectivity index (χ3v) is 4.66. The molecule has 1 heterocycles. The number of benzene rings is 1. The van der Waals surface area contributed by atoms with E-state index in [2.05, 4.69) is 82.6 Å². The highest BCUT2D eigenvalue weighted by Gasteiger charge is 2.23. The van der Waals surface area contributed by atoms with E-state index < -0.39 is 0 Å². The first-order valence-corrected chi connectivity index (χ1v) is 9.73. The molecule has 3 nitrogen and oxygen atoms in total. The Hall–Kier alpha value is -2.42. The molecule has 27 heavy (non-hydrogen) atoms. The topological polar surface area (TPSA) is 38.9 Å². The Balaban J connectivity index is 2.35. The average Bonchev–Trinajstić information content (AvgIpc) is 3.07. The molecule has 0 saturated carbocycles. The highest BCUT2D eigenvalue weighted by Crippen LogP contribution is 2.34. The van der Waals surface area contributed by atoms with E-state index in [4.69, 9.17) is 4.42 Å². The minimum atomic E-state index is 0.143. The molecule has 3 heteroatoms. The summed E-state index contributed by atoms with van der Waals surface area (Å²) < 4.78 is 5.98. The summed E-state index contributed by atoms with van der Waals surface area (Å²) in [4.78, 5) is 0. The quantitative estimate of drug-likeness (QED) is 0.478. The number of hydrogen-bond acceptors (Lipinski definition) is 3. The molecule has 0 N–H and O–H groups in total. The van der Waals surface area contributed by atoms with Crippen molar-refractivity contribution in [1.82, 2.24) is 10.2 Å². The predicted octanol–water partition coefficient (Wildman–Crippen LogP) is 6.90. The number of rotatable bonds is 8. The van der Waals surface area contributed by atoms with Crippen LogP contribution in [0.4, 0.5) is 0 Å². The van der Waals surface area contributed by atoms with E-state index in [1.54, 1.807) is 6.08 Å². The number of aromatic nitrogens is 2. The van der Waals surface area contributed by atoms with Gasteiger partial charge in [-0.3, -0.25) is 0 Å². The number of nitrogens with zero attached hydrogens (tertiary/aromatic N) is 2. The van der Waals surface area contributed by atoms with Gasteiger partial charge in [0, 0.05) is 11.1 Å². The molecule has 0 amide bonds. The third kappa shape index (κ3) is 5.29. The standard InChI is InChI=1S/C24H32N2O/c1-8-10-12-19(11-9-2)22-25-26-23(27-22)21-14-13-20(15-18(21)5)24(6,7)16-17(3)4/h8,10-15,17H,1,9,16H2,2-7H3/b12-10-,19-11+. The molecule has 0 atom stereocenters. The number of hydrogen-bond donors (Lipinski definition) is 0. The molecule has 2 aromatic rings. The molecular formula is C24H32N2O. The lowest BCUT2D eigenvalue weighted by Gasteiger charge is -2.28. The van der Waals surface area contributed by atoms with Crippen molar-refractivity contribution in [3.05, 3.63) is 66.1 Å². The van der Waals surface area contributed by atoms with Crippen LogP contribution in [0.2, 0.25) is 0 Å². The lowest BCUT2D eigenvalue weighted by Crippen LogP contribution is -2.19. The highest BCUT2D eigenvalue weighted by molar-refractivity contribution is 5.69. The summed E-state index contributed by atoms with van der Waals surface area (Å²) in [7, 11) is 0. The van der Waals surface area contributed by atoms with Crippen molar-refractivity contribution in [2.75, 3.05) is 0 Å². The number of aryl methyl sites for hydroxylation is 1. The Kier molecular flexibility index (Phi) is 6.95. The van der Waals surface area contributed by atoms with E-state index in [-0.39, 0.29) is 5.41 Å². The molecule has 1 aromatic carbocycles. The SMILES string of the molecule is C=C/C=C\C(=C/CC)c1nnc(-c2ccc(C(C)(C)CC(C)C)cc2C)o1. The van der Waals surface area contributed by atoms with E-state index in [0.717, 1.165) is 29.5 Å². The van der Waals surface area contributed by atoms with Gasteiger partial charge in [-0.25, -0.2) is 0 Å². The van der Waals surface area contributed by atoms with Crippen molar-refractivity contribution in [2.45, 2.75) is 59.8 Å². The van der Waals surface area contributed by atoms with Crippen LogP contribution in [-0.4, -0.2) is 10.2 Å². The van der Waals surface area contributed by atoms with Gasteiger partial charge in [0.25, 0.3) is 0 Å². The summed E-state index contributed by atoms with van der Waals surface area (Å²) in [6, 6.07) is 6.55. The maximum Gasteiger partial charge on any atom is 0.248 e. The van der Waals surface area contributed by atoms with Crippen molar-refractivity contribution >= 4 is 5.57 Å². The summed E-state index contributed by atoms with van der Waals surface area (Å²) in [6.07, 6.45) is 9.68. The summed E-state index contributed by atoms with van der Waals surface area (Å²) in [5.74, 6) is 1.75. The maximum absolute atomic E-state index is 5.98. The first kappa shape index (κ1) is 20.9. The van der Waals surface area contributed by atoms with Gasteiger partial charge < -0.3 is 4.42 Å². The minimum absolute atomic E-state index is 0.143. The molecule has 0 aliphatic heterocycles. The number of allylic oxidation sites excluding steroid dienone is 5. The lowest BCUT2D eigenvalue weighted by atomic mass is 9.77. The van der Waals surface area contributed by atoms with Gasteiger partial charge in [0.05, 0.1) is 0 Å². The largest absolute Gasteiger partial charge is 0.416 e. The van der Waals surface area contributed by atoms with Gasteiger partial charge in [0.15, 0.2) is 0 Å². The molecule has 0 fully saturated rings. The monoisotopic (exact) mass is 364 g/mol. The van der Waals surface area contributed by atoms with E-state index in [1.165, 1.54) is 5.56 Å². The average molecular weight is 365 g/mol. The van der Waals surface area contributed by atoms with Crippen molar-refractivity contribution in [1.29, 1.82) is 0 Å². The predicted molar refractivity (Wildman–Crippen MR) is 115 cm³/mol. The van der Waals surface area contributed by atoms with Crippen LogP contribution in [0.1, 0.15) is 64.5 Å². The van der Waals surface area contributed by atoms with Gasteiger partial charge in [-0.2, -0.15) is 0 Å². The van der Waals surface area contributed by atoms with Gasteiger partial charge in [-0.1, -0.05) is 71.6 Å². The van der Waals surface area contributed by atoms with Crippen molar-refractivity contribution in [2.24, 2.45) is 5.92 Å². The summed E-state index contributed by atoms with van der Waals surface area (Å²) in [5, 5.41) is 8.53. The Morgan fingerprint density at radius 1 is 1.26 bits per heavy atom. The normalized spacial score (nSPS) is 12.9. The fourth-order valence-electron chi connectivity index (χ4n) is 3.53. The van der Waals surface area contributed by atoms with Crippen molar-refractivity contribution in [3.63, 3.8) is 0 Å². The van der Waals surface area contributed by atoms with Crippen LogP contribution in [0.3, 0.4) is 0 Å². The van der Waals surface area contributed by atoms with Crippen LogP contribution in [0.5, 0.6) is 0 Å². The molecule has 144 valence electrons. The van der Waals surface area contributed by atoms with E-state index in [9.17, 15) is 0 Å². The minimum Gasteiger partial charge on any atom is -0.416 e. The van der Waals surface area contributed by atoms with Crippen molar-refractivity contribution in [3.8, 4) is 11.5 Å². The Labute approximate surface area is 163 Å². The Bertz CT molecular complexity index is 838. The fraction of sp³-hybridized carbons (Fsp3) is 0.417.